The van der Waals surface area contributed by atoms with Crippen molar-refractivity contribution in [3.05, 3.63) is 11.4 Å². The van der Waals surface area contributed by atoms with E-state index in [1.807, 2.05) is 11.8 Å². The van der Waals surface area contributed by atoms with Gasteiger partial charge in [-0.05, 0) is 26.2 Å². The number of hydrogen-bond donors (Lipinski definition) is 1. The Kier molecular flexibility index (Phi) is 3.59. The Bertz CT molecular complexity index is 448. The van der Waals surface area contributed by atoms with Crippen LogP contribution in [-0.4, -0.2) is 33.2 Å². The van der Waals surface area contributed by atoms with Crippen LogP contribution in [0.3, 0.4) is 0 Å². The van der Waals surface area contributed by atoms with Gasteiger partial charge in [-0.3, -0.25) is 9.48 Å². The molecule has 0 radical (unpaired) electrons. The van der Waals surface area contributed by atoms with E-state index in [1.165, 1.54) is 0 Å². The maximum atomic E-state index is 12.6. The van der Waals surface area contributed by atoms with Crippen molar-refractivity contribution in [2.75, 3.05) is 12.3 Å². The number of carbonyl (C=O) groups excluding carboxylic acids is 1. The lowest BCUT2D eigenvalue weighted by molar-refractivity contribution is 0.0730. The molecule has 1 aliphatic carbocycles. The minimum atomic E-state index is 0.0338. The second kappa shape index (κ2) is 5.00. The molecule has 18 heavy (non-hydrogen) atoms. The molecular weight excluding hydrogens is 228 g/mol. The number of unbranched alkanes of at least 4 members (excludes halogenated alkanes) is 1. The number of carbonyl (C=O) groups is 1. The summed E-state index contributed by atoms with van der Waals surface area (Å²) in [5.41, 5.74) is 7.75. The molecule has 1 saturated carbocycles. The highest BCUT2D eigenvalue weighted by Gasteiger charge is 2.34. The van der Waals surface area contributed by atoms with Crippen LogP contribution in [0, 0.1) is 6.92 Å². The molecule has 0 unspecified atom stereocenters. The SMILES string of the molecule is CCCCN(C(=O)c1c(N)c(C)nn1C)C1CC1. The van der Waals surface area contributed by atoms with Gasteiger partial charge in [0.2, 0.25) is 0 Å². The summed E-state index contributed by atoms with van der Waals surface area (Å²) < 4.78 is 1.61. The Morgan fingerprint density at radius 1 is 1.56 bits per heavy atom. The maximum absolute atomic E-state index is 12.6. The topological polar surface area (TPSA) is 64.2 Å². The van der Waals surface area contributed by atoms with Gasteiger partial charge in [0, 0.05) is 19.6 Å². The molecule has 1 fully saturated rings. The fourth-order valence-electron chi connectivity index (χ4n) is 2.23. The lowest BCUT2D eigenvalue weighted by atomic mass is 10.2. The number of nitrogens with two attached hydrogens (primary N) is 1. The molecule has 100 valence electrons. The van der Waals surface area contributed by atoms with E-state index in [4.69, 9.17) is 5.73 Å². The zero-order valence-corrected chi connectivity index (χ0v) is 11.4. The highest BCUT2D eigenvalue weighted by Crippen LogP contribution is 2.30. The van der Waals surface area contributed by atoms with Crippen molar-refractivity contribution in [1.82, 2.24) is 14.7 Å². The summed E-state index contributed by atoms with van der Waals surface area (Å²) in [6.45, 7) is 4.79. The fraction of sp³-hybridized carbons (Fsp3) is 0.692. The predicted molar refractivity (Wildman–Crippen MR) is 71.3 cm³/mol. The minimum Gasteiger partial charge on any atom is -0.395 e. The van der Waals surface area contributed by atoms with E-state index < -0.39 is 0 Å². The van der Waals surface area contributed by atoms with Crippen LogP contribution in [0.5, 0.6) is 0 Å². The van der Waals surface area contributed by atoms with Crippen LogP contribution >= 0.6 is 0 Å². The zero-order chi connectivity index (χ0) is 13.3. The minimum absolute atomic E-state index is 0.0338. The van der Waals surface area contributed by atoms with Gasteiger partial charge in [0.05, 0.1) is 11.4 Å². The third-order valence-corrected chi connectivity index (χ3v) is 3.47. The third kappa shape index (κ3) is 2.35. The zero-order valence-electron chi connectivity index (χ0n) is 11.4. The first-order valence-electron chi connectivity index (χ1n) is 6.66. The van der Waals surface area contributed by atoms with Crippen molar-refractivity contribution in [3.8, 4) is 0 Å². The molecule has 1 aliphatic rings. The molecule has 0 bridgehead atoms. The van der Waals surface area contributed by atoms with Gasteiger partial charge in [-0.25, -0.2) is 0 Å². The fourth-order valence-corrected chi connectivity index (χ4v) is 2.23. The van der Waals surface area contributed by atoms with E-state index in [9.17, 15) is 4.79 Å². The van der Waals surface area contributed by atoms with E-state index in [0.717, 1.165) is 37.9 Å². The van der Waals surface area contributed by atoms with Crippen LogP contribution in [0.4, 0.5) is 5.69 Å². The van der Waals surface area contributed by atoms with Crippen LogP contribution in [0.2, 0.25) is 0 Å². The van der Waals surface area contributed by atoms with Crippen LogP contribution in [0.1, 0.15) is 48.8 Å². The molecule has 0 aliphatic heterocycles. The van der Waals surface area contributed by atoms with Crippen molar-refractivity contribution < 1.29 is 4.79 Å². The van der Waals surface area contributed by atoms with Gasteiger partial charge in [-0.15, -0.1) is 0 Å². The summed E-state index contributed by atoms with van der Waals surface area (Å²) in [5, 5.41) is 4.22. The molecule has 5 nitrogen and oxygen atoms in total. The Balaban J connectivity index is 2.22. The highest BCUT2D eigenvalue weighted by atomic mass is 16.2. The van der Waals surface area contributed by atoms with Gasteiger partial charge in [0.15, 0.2) is 0 Å². The number of anilines is 1. The van der Waals surface area contributed by atoms with Gasteiger partial charge in [-0.2, -0.15) is 5.10 Å². The Labute approximate surface area is 108 Å². The molecular formula is C13H22N4O. The molecule has 1 aromatic rings. The van der Waals surface area contributed by atoms with Gasteiger partial charge in [-0.1, -0.05) is 13.3 Å². The smallest absolute Gasteiger partial charge is 0.274 e. The molecule has 2 rings (SSSR count). The van der Waals surface area contributed by atoms with Crippen LogP contribution < -0.4 is 5.73 Å². The summed E-state index contributed by atoms with van der Waals surface area (Å²) in [4.78, 5) is 14.5. The van der Waals surface area contributed by atoms with Crippen molar-refractivity contribution in [3.63, 3.8) is 0 Å². The lowest BCUT2D eigenvalue weighted by Crippen LogP contribution is -2.35. The van der Waals surface area contributed by atoms with Crippen molar-refractivity contribution >= 4 is 11.6 Å². The van der Waals surface area contributed by atoms with E-state index >= 15 is 0 Å². The first kappa shape index (κ1) is 12.9. The molecule has 0 aromatic carbocycles. The Morgan fingerprint density at radius 3 is 2.67 bits per heavy atom. The normalized spacial score (nSPS) is 14.8. The summed E-state index contributed by atoms with van der Waals surface area (Å²) in [7, 11) is 1.78. The van der Waals surface area contributed by atoms with Gasteiger partial charge < -0.3 is 10.6 Å². The number of nitrogen functional groups attached to an aromatic ring is 1. The highest BCUT2D eigenvalue weighted by molar-refractivity contribution is 5.98. The molecule has 0 saturated heterocycles. The number of hydrogen-bond acceptors (Lipinski definition) is 3. The summed E-state index contributed by atoms with van der Waals surface area (Å²) in [5.74, 6) is 0.0338. The number of aryl methyl sites for hydroxylation is 2. The second-order valence-electron chi connectivity index (χ2n) is 5.05. The lowest BCUT2D eigenvalue weighted by Gasteiger charge is -2.22. The molecule has 1 aromatic heterocycles. The van der Waals surface area contributed by atoms with E-state index in [0.29, 0.717) is 17.4 Å². The average molecular weight is 250 g/mol. The van der Waals surface area contributed by atoms with Gasteiger partial charge in [0.1, 0.15) is 5.69 Å². The van der Waals surface area contributed by atoms with Crippen LogP contribution in [-0.2, 0) is 7.05 Å². The van der Waals surface area contributed by atoms with E-state index in [2.05, 4.69) is 12.0 Å². The molecule has 2 N–H and O–H groups in total. The van der Waals surface area contributed by atoms with Gasteiger partial charge >= 0.3 is 0 Å². The predicted octanol–water partition coefficient (Wildman–Crippen LogP) is 1.72. The Hall–Kier alpha value is -1.52. The monoisotopic (exact) mass is 250 g/mol. The first-order valence-corrected chi connectivity index (χ1v) is 6.66. The Morgan fingerprint density at radius 2 is 2.22 bits per heavy atom. The molecule has 0 spiro atoms. The summed E-state index contributed by atoms with van der Waals surface area (Å²) in [6, 6.07) is 0.415. The largest absolute Gasteiger partial charge is 0.395 e. The van der Waals surface area contributed by atoms with E-state index in [-0.39, 0.29) is 5.91 Å². The molecule has 0 atom stereocenters. The third-order valence-electron chi connectivity index (χ3n) is 3.47. The van der Waals surface area contributed by atoms with Crippen LogP contribution in [0.25, 0.3) is 0 Å². The standard InChI is InChI=1S/C13H22N4O/c1-4-5-8-17(10-6-7-10)13(18)12-11(14)9(2)15-16(12)3/h10H,4-8,14H2,1-3H3. The summed E-state index contributed by atoms with van der Waals surface area (Å²) in [6.07, 6.45) is 4.37. The number of amides is 1. The average Bonchev–Trinajstić information content (AvgIpc) is 3.10. The number of rotatable bonds is 5. The molecule has 1 heterocycles. The van der Waals surface area contributed by atoms with Crippen molar-refractivity contribution in [2.45, 2.75) is 45.6 Å². The van der Waals surface area contributed by atoms with Crippen molar-refractivity contribution in [2.24, 2.45) is 7.05 Å². The van der Waals surface area contributed by atoms with E-state index in [1.54, 1.807) is 11.7 Å². The molecule has 5 heteroatoms. The van der Waals surface area contributed by atoms with Crippen molar-refractivity contribution in [1.29, 1.82) is 0 Å². The summed E-state index contributed by atoms with van der Waals surface area (Å²) >= 11 is 0. The number of nitrogens with zero attached hydrogens (tertiary/aromatic N) is 3. The maximum Gasteiger partial charge on any atom is 0.274 e. The molecule has 1 amide bonds. The quantitative estimate of drug-likeness (QED) is 0.865. The van der Waals surface area contributed by atoms with Gasteiger partial charge in [0.25, 0.3) is 5.91 Å². The number of aromatic nitrogens is 2. The first-order chi connectivity index (χ1) is 8.56. The van der Waals surface area contributed by atoms with Crippen LogP contribution in [0.15, 0.2) is 0 Å². The second-order valence-corrected chi connectivity index (χ2v) is 5.05.